The summed E-state index contributed by atoms with van der Waals surface area (Å²) in [6, 6.07) is 0. The van der Waals surface area contributed by atoms with Gasteiger partial charge in [-0.15, -0.1) is 0 Å². The van der Waals surface area contributed by atoms with Crippen LogP contribution < -0.4 is 0 Å². The van der Waals surface area contributed by atoms with Gasteiger partial charge in [0, 0.05) is 11.9 Å². The Hall–Kier alpha value is -1.82. The third-order valence-corrected chi connectivity index (χ3v) is 0.460. The Morgan fingerprint density at radius 3 is 1.80 bits per heavy atom. The van der Waals surface area contributed by atoms with Crippen LogP contribution in [0.1, 0.15) is 0 Å². The van der Waals surface area contributed by atoms with Gasteiger partial charge in [0.15, 0.2) is 0 Å². The van der Waals surface area contributed by atoms with Crippen molar-refractivity contribution in [1.82, 2.24) is 15.4 Å². The lowest BCUT2D eigenvalue weighted by molar-refractivity contribution is 0.940. The van der Waals surface area contributed by atoms with Crippen molar-refractivity contribution in [3.8, 4) is 11.9 Å². The van der Waals surface area contributed by atoms with E-state index < -0.39 is 0 Å². The Bertz CT molecular complexity index is 188. The minimum atomic E-state index is 0.861. The van der Waals surface area contributed by atoms with Gasteiger partial charge >= 0.3 is 7.28 Å². The van der Waals surface area contributed by atoms with Crippen LogP contribution >= 0.6 is 0 Å². The number of nitriles is 2. The maximum atomic E-state index is 7.54. The molecule has 1 aromatic rings. The molecule has 0 fully saturated rings. The van der Waals surface area contributed by atoms with Gasteiger partial charge in [0.05, 0.1) is 12.4 Å². The summed E-state index contributed by atoms with van der Waals surface area (Å²) in [5.74, 6) is 3.06. The van der Waals surface area contributed by atoms with Crippen LogP contribution in [0.25, 0.3) is 0 Å². The zero-order valence-corrected chi connectivity index (χ0v) is 5.02. The molecular weight excluding hydrogens is 129 g/mol. The van der Waals surface area contributed by atoms with Crippen LogP contribution in [-0.2, 0) is 0 Å². The lowest BCUT2D eigenvalue weighted by Gasteiger charge is -1.48. The molecule has 0 amide bonds. The molecule has 0 spiro atoms. The Morgan fingerprint density at radius 1 is 1.20 bits per heavy atom. The fourth-order valence-electron chi connectivity index (χ4n) is 0.196. The SMILES string of the molecule is N#C[B]C#N.c1cn[nH]n1. The monoisotopic (exact) mass is 132 g/mol. The van der Waals surface area contributed by atoms with Crippen molar-refractivity contribution < 1.29 is 0 Å². The predicted molar refractivity (Wildman–Crippen MR) is 33.4 cm³/mol. The van der Waals surface area contributed by atoms with Crippen LogP contribution in [-0.4, -0.2) is 22.7 Å². The van der Waals surface area contributed by atoms with Gasteiger partial charge in [0.1, 0.15) is 0 Å². The van der Waals surface area contributed by atoms with Gasteiger partial charge in [-0.3, -0.25) is 0 Å². The second-order valence-corrected chi connectivity index (χ2v) is 1.06. The van der Waals surface area contributed by atoms with Crippen LogP contribution in [0.3, 0.4) is 0 Å². The molecule has 47 valence electrons. The summed E-state index contributed by atoms with van der Waals surface area (Å²) in [4.78, 5) is 0. The van der Waals surface area contributed by atoms with E-state index in [1.165, 1.54) is 11.9 Å². The van der Waals surface area contributed by atoms with Gasteiger partial charge in [-0.1, -0.05) is 0 Å². The topological polar surface area (TPSA) is 89.1 Å². The third-order valence-electron chi connectivity index (χ3n) is 0.460. The summed E-state index contributed by atoms with van der Waals surface area (Å²) in [6.07, 6.45) is 3.17. The standard InChI is InChI=1S/C2BN2.C2H3N3/c4-1-3-2-5;1-2-4-5-3-1/h;1-2H,(H,3,4,5). The summed E-state index contributed by atoms with van der Waals surface area (Å²) in [7, 11) is 0.861. The molecule has 0 aromatic carbocycles. The van der Waals surface area contributed by atoms with Crippen molar-refractivity contribution in [2.24, 2.45) is 0 Å². The highest BCUT2D eigenvalue weighted by Crippen LogP contribution is 1.55. The average molecular weight is 132 g/mol. The number of aromatic nitrogens is 3. The molecule has 0 bridgehead atoms. The summed E-state index contributed by atoms with van der Waals surface area (Å²) >= 11 is 0. The van der Waals surface area contributed by atoms with E-state index in [9.17, 15) is 0 Å². The highest BCUT2D eigenvalue weighted by molar-refractivity contribution is 6.53. The third kappa shape index (κ3) is 6.18. The molecule has 0 aliphatic carbocycles. The van der Waals surface area contributed by atoms with Gasteiger partial charge in [-0.05, 0) is 0 Å². The molecule has 1 radical (unpaired) electrons. The number of hydrogen-bond donors (Lipinski definition) is 1. The molecule has 6 heteroatoms. The predicted octanol–water partition coefficient (Wildman–Crippen LogP) is -0.543. The molecule has 0 atom stereocenters. The van der Waals surface area contributed by atoms with E-state index >= 15 is 0 Å². The first-order valence-corrected chi connectivity index (χ1v) is 2.32. The van der Waals surface area contributed by atoms with E-state index in [2.05, 4.69) is 15.4 Å². The number of aromatic amines is 1. The minimum absolute atomic E-state index is 0.861. The zero-order chi connectivity index (χ0) is 7.66. The van der Waals surface area contributed by atoms with E-state index in [0.29, 0.717) is 0 Å². The molecule has 0 aliphatic rings. The Morgan fingerprint density at radius 2 is 1.70 bits per heavy atom. The lowest BCUT2D eigenvalue weighted by Crippen LogP contribution is -1.70. The van der Waals surface area contributed by atoms with Crippen molar-refractivity contribution in [3.63, 3.8) is 0 Å². The van der Waals surface area contributed by atoms with E-state index in [4.69, 9.17) is 10.5 Å². The van der Waals surface area contributed by atoms with Gasteiger partial charge < -0.3 is 0 Å². The molecule has 10 heavy (non-hydrogen) atoms. The minimum Gasteiger partial charge on any atom is -0.212 e. The van der Waals surface area contributed by atoms with Crippen molar-refractivity contribution in [1.29, 1.82) is 10.5 Å². The smallest absolute Gasteiger partial charge is 0.212 e. The summed E-state index contributed by atoms with van der Waals surface area (Å²) in [6.45, 7) is 0. The first-order valence-electron chi connectivity index (χ1n) is 2.32. The zero-order valence-electron chi connectivity index (χ0n) is 5.02. The molecule has 0 aliphatic heterocycles. The Labute approximate surface area is 58.5 Å². The molecule has 0 saturated carbocycles. The van der Waals surface area contributed by atoms with Crippen molar-refractivity contribution in [3.05, 3.63) is 12.4 Å². The highest BCUT2D eigenvalue weighted by Gasteiger charge is 1.71. The molecule has 1 N–H and O–H groups in total. The summed E-state index contributed by atoms with van der Waals surface area (Å²) in [5, 5.41) is 24.4. The first-order chi connectivity index (χ1) is 4.91. The van der Waals surface area contributed by atoms with Gasteiger partial charge in [0.2, 0.25) is 0 Å². The first kappa shape index (κ1) is 8.18. The quantitative estimate of drug-likeness (QED) is 0.479. The normalized spacial score (nSPS) is 5.80. The maximum absolute atomic E-state index is 7.54. The molecule has 5 nitrogen and oxygen atoms in total. The van der Waals surface area contributed by atoms with E-state index in [1.807, 2.05) is 0 Å². The number of hydrogen-bond acceptors (Lipinski definition) is 4. The maximum Gasteiger partial charge on any atom is 0.390 e. The average Bonchev–Trinajstić information content (AvgIpc) is 2.44. The van der Waals surface area contributed by atoms with Crippen LogP contribution in [0.2, 0.25) is 0 Å². The van der Waals surface area contributed by atoms with Crippen molar-refractivity contribution in [2.45, 2.75) is 0 Å². The molecule has 1 heterocycles. The fraction of sp³-hybridized carbons (Fsp3) is 0. The molecule has 1 rings (SSSR count). The van der Waals surface area contributed by atoms with Crippen LogP contribution in [0.15, 0.2) is 12.4 Å². The number of rotatable bonds is 0. The largest absolute Gasteiger partial charge is 0.390 e. The van der Waals surface area contributed by atoms with Gasteiger partial charge in [-0.2, -0.15) is 15.4 Å². The molecule has 0 saturated heterocycles. The fourth-order valence-corrected chi connectivity index (χ4v) is 0.196. The van der Waals surface area contributed by atoms with E-state index in [-0.39, 0.29) is 0 Å². The summed E-state index contributed by atoms with van der Waals surface area (Å²) in [5.41, 5.74) is 0. The van der Waals surface area contributed by atoms with Crippen molar-refractivity contribution in [2.75, 3.05) is 0 Å². The Kier molecular flexibility index (Phi) is 5.88. The molecular formula is C4H3BN5. The number of nitrogens with zero attached hydrogens (tertiary/aromatic N) is 4. The molecule has 0 unspecified atom stereocenters. The van der Waals surface area contributed by atoms with E-state index in [0.717, 1.165) is 7.28 Å². The van der Waals surface area contributed by atoms with Gasteiger partial charge in [-0.25, -0.2) is 10.5 Å². The Balaban J connectivity index is 0.000000162. The number of nitrogens with one attached hydrogen (secondary N) is 1. The van der Waals surface area contributed by atoms with Crippen molar-refractivity contribution >= 4 is 7.28 Å². The second-order valence-electron chi connectivity index (χ2n) is 1.06. The number of H-pyrrole nitrogens is 1. The van der Waals surface area contributed by atoms with Gasteiger partial charge in [0.25, 0.3) is 0 Å². The van der Waals surface area contributed by atoms with Crippen LogP contribution in [0, 0.1) is 22.5 Å². The highest BCUT2D eigenvalue weighted by atomic mass is 15.3. The lowest BCUT2D eigenvalue weighted by atomic mass is 9.85. The van der Waals surface area contributed by atoms with E-state index in [1.54, 1.807) is 12.4 Å². The molecule has 1 aromatic heterocycles. The van der Waals surface area contributed by atoms with Crippen LogP contribution in [0.4, 0.5) is 0 Å². The van der Waals surface area contributed by atoms with Crippen LogP contribution in [0.5, 0.6) is 0 Å². The second kappa shape index (κ2) is 7.18. The summed E-state index contributed by atoms with van der Waals surface area (Å²) < 4.78 is 0.